The van der Waals surface area contributed by atoms with Gasteiger partial charge in [-0.3, -0.25) is 0 Å². The third-order valence-corrected chi connectivity index (χ3v) is 1.84. The van der Waals surface area contributed by atoms with Crippen molar-refractivity contribution in [1.82, 2.24) is 0 Å². The van der Waals surface area contributed by atoms with Crippen molar-refractivity contribution in [2.45, 2.75) is 6.92 Å². The van der Waals surface area contributed by atoms with Gasteiger partial charge in [0.25, 0.3) is 0 Å². The monoisotopic (exact) mass is 189 g/mol. The Morgan fingerprint density at radius 2 is 2.27 bits per heavy atom. The van der Waals surface area contributed by atoms with E-state index in [1.165, 1.54) is 0 Å². The largest absolute Gasteiger partial charge is 0.494 e. The Morgan fingerprint density at radius 1 is 1.55 bits per heavy atom. The number of hydrogen-bond acceptors (Lipinski definition) is 1. The molecule has 0 saturated carbocycles. The Morgan fingerprint density at radius 3 is 2.82 bits per heavy atom. The highest BCUT2D eigenvalue weighted by Gasteiger charge is 1.98. The summed E-state index contributed by atoms with van der Waals surface area (Å²) in [4.78, 5) is 0. The summed E-state index contributed by atoms with van der Waals surface area (Å²) < 4.78 is 5.17. The van der Waals surface area contributed by atoms with Crippen LogP contribution >= 0.6 is 23.2 Å². The summed E-state index contributed by atoms with van der Waals surface area (Å²) in [5.74, 6) is 0.696. The molecule has 0 fully saturated rings. The number of hydrogen-bond donors (Lipinski definition) is 0. The van der Waals surface area contributed by atoms with Crippen LogP contribution in [0.1, 0.15) is 6.92 Å². The van der Waals surface area contributed by atoms with Crippen LogP contribution in [0.4, 0.5) is 0 Å². The molecule has 0 aromatic heterocycles. The van der Waals surface area contributed by atoms with Gasteiger partial charge in [0.2, 0.25) is 0 Å². The van der Waals surface area contributed by atoms with Gasteiger partial charge < -0.3 is 4.74 Å². The molecule has 1 aromatic carbocycles. The van der Waals surface area contributed by atoms with Crippen LogP contribution in [0, 0.1) is 6.07 Å². The van der Waals surface area contributed by atoms with Crippen molar-refractivity contribution < 1.29 is 4.74 Å². The first kappa shape index (κ1) is 8.69. The lowest BCUT2D eigenvalue weighted by Crippen LogP contribution is -1.90. The van der Waals surface area contributed by atoms with Crippen molar-refractivity contribution in [2.75, 3.05) is 6.61 Å². The van der Waals surface area contributed by atoms with E-state index in [0.29, 0.717) is 22.4 Å². The van der Waals surface area contributed by atoms with Crippen LogP contribution in [0.5, 0.6) is 5.75 Å². The molecule has 0 heterocycles. The normalized spacial score (nSPS) is 9.73. The van der Waals surface area contributed by atoms with Crippen molar-refractivity contribution in [1.29, 1.82) is 0 Å². The van der Waals surface area contributed by atoms with Crippen LogP contribution in [0.15, 0.2) is 12.1 Å². The molecule has 1 rings (SSSR count). The minimum atomic E-state index is 0.426. The van der Waals surface area contributed by atoms with Gasteiger partial charge in [-0.25, -0.2) is 0 Å². The number of halogens is 2. The van der Waals surface area contributed by atoms with E-state index < -0.39 is 0 Å². The first-order chi connectivity index (χ1) is 5.24. The molecule has 0 spiro atoms. The van der Waals surface area contributed by atoms with Crippen LogP contribution < -0.4 is 4.74 Å². The molecule has 0 aliphatic heterocycles. The molecule has 3 heteroatoms. The van der Waals surface area contributed by atoms with Gasteiger partial charge in [0.1, 0.15) is 5.75 Å². The zero-order valence-corrected chi connectivity index (χ0v) is 7.54. The zero-order chi connectivity index (χ0) is 8.27. The number of rotatable bonds is 2. The van der Waals surface area contributed by atoms with Crippen molar-refractivity contribution in [3.05, 3.63) is 28.2 Å². The lowest BCUT2D eigenvalue weighted by Gasteiger charge is -2.02. The first-order valence-corrected chi connectivity index (χ1v) is 3.99. The molecular weight excluding hydrogens is 183 g/mol. The van der Waals surface area contributed by atoms with Crippen LogP contribution in [-0.2, 0) is 0 Å². The Balaban J connectivity index is 2.86. The molecule has 0 aliphatic rings. The lowest BCUT2D eigenvalue weighted by molar-refractivity contribution is 0.340. The predicted molar refractivity (Wildman–Crippen MR) is 46.5 cm³/mol. The van der Waals surface area contributed by atoms with E-state index in [1.807, 2.05) is 6.92 Å². The van der Waals surface area contributed by atoms with Crippen molar-refractivity contribution >= 4 is 23.2 Å². The molecular formula is C8H7Cl2O. The minimum Gasteiger partial charge on any atom is -0.494 e. The lowest BCUT2D eigenvalue weighted by atomic mass is 10.3. The topological polar surface area (TPSA) is 9.23 Å². The first-order valence-electron chi connectivity index (χ1n) is 3.23. The molecule has 0 atom stereocenters. The molecule has 1 nitrogen and oxygen atoms in total. The molecule has 1 aromatic rings. The third kappa shape index (κ3) is 2.28. The van der Waals surface area contributed by atoms with Crippen LogP contribution in [-0.4, -0.2) is 6.61 Å². The van der Waals surface area contributed by atoms with E-state index in [0.717, 1.165) is 0 Å². The summed E-state index contributed by atoms with van der Waals surface area (Å²) in [6.45, 7) is 2.52. The Labute approximate surface area is 75.9 Å². The maximum atomic E-state index is 5.71. The van der Waals surface area contributed by atoms with Crippen molar-refractivity contribution in [3.8, 4) is 5.75 Å². The SMILES string of the molecule is CCOc1c[c]c(Cl)c(Cl)c1. The molecule has 0 unspecified atom stereocenters. The highest BCUT2D eigenvalue weighted by Crippen LogP contribution is 2.25. The Kier molecular flexibility index (Phi) is 3.03. The highest BCUT2D eigenvalue weighted by atomic mass is 35.5. The molecule has 0 saturated heterocycles. The van der Waals surface area contributed by atoms with Crippen LogP contribution in [0.3, 0.4) is 0 Å². The predicted octanol–water partition coefficient (Wildman–Crippen LogP) is 3.19. The van der Waals surface area contributed by atoms with Crippen molar-refractivity contribution in [3.63, 3.8) is 0 Å². The van der Waals surface area contributed by atoms with Gasteiger partial charge in [-0.2, -0.15) is 0 Å². The van der Waals surface area contributed by atoms with Gasteiger partial charge >= 0.3 is 0 Å². The fraction of sp³-hybridized carbons (Fsp3) is 0.250. The molecule has 1 radical (unpaired) electrons. The zero-order valence-electron chi connectivity index (χ0n) is 6.03. The average Bonchev–Trinajstić information content (AvgIpc) is 1.98. The fourth-order valence-electron chi connectivity index (χ4n) is 0.683. The average molecular weight is 190 g/mol. The standard InChI is InChI=1S/C8H7Cl2O/c1-2-11-6-3-4-7(9)8(10)5-6/h3,5H,2H2,1H3. The van der Waals surface area contributed by atoms with Gasteiger partial charge in [-0.15, -0.1) is 0 Å². The molecule has 0 aliphatic carbocycles. The number of benzene rings is 1. The number of ether oxygens (including phenoxy) is 1. The second kappa shape index (κ2) is 3.84. The highest BCUT2D eigenvalue weighted by molar-refractivity contribution is 6.41. The van der Waals surface area contributed by atoms with Gasteiger partial charge in [0.15, 0.2) is 0 Å². The Hall–Kier alpha value is -0.400. The molecule has 0 amide bonds. The van der Waals surface area contributed by atoms with Gasteiger partial charge in [0, 0.05) is 12.1 Å². The smallest absolute Gasteiger partial charge is 0.121 e. The van der Waals surface area contributed by atoms with Gasteiger partial charge in [-0.05, 0) is 13.0 Å². The molecule has 11 heavy (non-hydrogen) atoms. The summed E-state index contributed by atoms with van der Waals surface area (Å²) in [7, 11) is 0. The quantitative estimate of drug-likeness (QED) is 0.695. The summed E-state index contributed by atoms with van der Waals surface area (Å²) in [6, 6.07) is 6.10. The summed E-state index contributed by atoms with van der Waals surface area (Å²) in [6.07, 6.45) is 0. The van der Waals surface area contributed by atoms with E-state index in [9.17, 15) is 0 Å². The molecule has 0 N–H and O–H groups in total. The molecule has 59 valence electrons. The van der Waals surface area contributed by atoms with E-state index in [-0.39, 0.29) is 0 Å². The molecule has 0 bridgehead atoms. The third-order valence-electron chi connectivity index (χ3n) is 1.13. The maximum absolute atomic E-state index is 5.71. The van der Waals surface area contributed by atoms with Gasteiger partial charge in [0.05, 0.1) is 16.7 Å². The fourth-order valence-corrected chi connectivity index (χ4v) is 0.955. The van der Waals surface area contributed by atoms with Crippen LogP contribution in [0.25, 0.3) is 0 Å². The maximum Gasteiger partial charge on any atom is 0.121 e. The summed E-state index contributed by atoms with van der Waals surface area (Å²) in [5, 5.41) is 0.896. The van der Waals surface area contributed by atoms with E-state index in [1.54, 1.807) is 12.1 Å². The van der Waals surface area contributed by atoms with Gasteiger partial charge in [-0.1, -0.05) is 23.2 Å². The minimum absolute atomic E-state index is 0.426. The van der Waals surface area contributed by atoms with Crippen LogP contribution in [0.2, 0.25) is 10.0 Å². The van der Waals surface area contributed by atoms with E-state index in [2.05, 4.69) is 6.07 Å². The second-order valence-corrected chi connectivity index (χ2v) is 2.72. The summed E-state index contributed by atoms with van der Waals surface area (Å²) in [5.41, 5.74) is 0. The van der Waals surface area contributed by atoms with Crippen molar-refractivity contribution in [2.24, 2.45) is 0 Å². The second-order valence-electron chi connectivity index (χ2n) is 1.93. The summed E-state index contributed by atoms with van der Waals surface area (Å²) >= 11 is 11.3. The van der Waals surface area contributed by atoms with E-state index >= 15 is 0 Å². The Bertz CT molecular complexity index is 248. The van der Waals surface area contributed by atoms with E-state index in [4.69, 9.17) is 27.9 Å².